The highest BCUT2D eigenvalue weighted by Gasteiger charge is 2.11. The molecule has 1 aromatic heterocycles. The van der Waals surface area contributed by atoms with E-state index in [-0.39, 0.29) is 5.69 Å². The lowest BCUT2D eigenvalue weighted by molar-refractivity contribution is -0.384. The lowest BCUT2D eigenvalue weighted by atomic mass is 10.2. The Kier molecular flexibility index (Phi) is 3.68. The molecular formula is C16H14N4O3. The number of non-ortho nitro benzene ring substituents is 1. The third kappa shape index (κ3) is 3.13. The summed E-state index contributed by atoms with van der Waals surface area (Å²) in [5.74, 6) is 0.442. The van der Waals surface area contributed by atoms with E-state index < -0.39 is 4.92 Å². The van der Waals surface area contributed by atoms with E-state index in [9.17, 15) is 10.1 Å². The van der Waals surface area contributed by atoms with Crippen LogP contribution < -0.4 is 11.1 Å². The molecule has 3 rings (SSSR count). The minimum absolute atomic E-state index is 0.0000801. The van der Waals surface area contributed by atoms with Crippen LogP contribution in [0.5, 0.6) is 0 Å². The highest BCUT2D eigenvalue weighted by atomic mass is 16.6. The van der Waals surface area contributed by atoms with Crippen molar-refractivity contribution in [2.24, 2.45) is 0 Å². The molecule has 0 amide bonds. The minimum Gasteiger partial charge on any atom is -0.423 e. The molecule has 0 aliphatic carbocycles. The van der Waals surface area contributed by atoms with Gasteiger partial charge in [-0.2, -0.15) is 0 Å². The number of nitrogen functional groups attached to an aromatic ring is 1. The number of oxazole rings is 1. The molecule has 2 aromatic carbocycles. The van der Waals surface area contributed by atoms with Gasteiger partial charge in [-0.15, -0.1) is 0 Å². The molecule has 116 valence electrons. The molecule has 7 heteroatoms. The van der Waals surface area contributed by atoms with Gasteiger partial charge in [0.1, 0.15) is 0 Å². The Labute approximate surface area is 131 Å². The molecule has 3 aromatic rings. The molecule has 7 nitrogen and oxygen atoms in total. The molecule has 3 N–H and O–H groups in total. The van der Waals surface area contributed by atoms with E-state index in [1.807, 2.05) is 19.1 Å². The van der Waals surface area contributed by atoms with Crippen LogP contribution in [0.25, 0.3) is 11.3 Å². The normalized spacial score (nSPS) is 10.5. The third-order valence-electron chi connectivity index (χ3n) is 3.35. The first-order valence-electron chi connectivity index (χ1n) is 6.87. The van der Waals surface area contributed by atoms with Gasteiger partial charge in [-0.05, 0) is 24.6 Å². The predicted molar refractivity (Wildman–Crippen MR) is 87.5 cm³/mol. The Hall–Kier alpha value is -3.35. The van der Waals surface area contributed by atoms with Gasteiger partial charge >= 0.3 is 0 Å². The average molecular weight is 310 g/mol. The second kappa shape index (κ2) is 5.80. The summed E-state index contributed by atoms with van der Waals surface area (Å²) < 4.78 is 5.62. The van der Waals surface area contributed by atoms with E-state index in [1.54, 1.807) is 18.2 Å². The Bertz CT molecular complexity index is 873. The number of benzene rings is 2. The summed E-state index contributed by atoms with van der Waals surface area (Å²) in [5.41, 5.74) is 8.77. The molecule has 23 heavy (non-hydrogen) atoms. The number of aromatic nitrogens is 1. The monoisotopic (exact) mass is 310 g/mol. The van der Waals surface area contributed by atoms with Crippen molar-refractivity contribution in [3.8, 4) is 11.3 Å². The van der Waals surface area contributed by atoms with Gasteiger partial charge < -0.3 is 15.5 Å². The second-order valence-electron chi connectivity index (χ2n) is 5.04. The van der Waals surface area contributed by atoms with Gasteiger partial charge in [-0.3, -0.25) is 10.1 Å². The molecule has 0 spiro atoms. The first-order chi connectivity index (χ1) is 11.0. The number of hydrogen-bond donors (Lipinski definition) is 2. The first-order valence-corrected chi connectivity index (χ1v) is 6.87. The maximum atomic E-state index is 10.8. The van der Waals surface area contributed by atoms with Crippen LogP contribution in [0.3, 0.4) is 0 Å². The van der Waals surface area contributed by atoms with Crippen molar-refractivity contribution in [3.05, 3.63) is 64.3 Å². The highest BCUT2D eigenvalue weighted by molar-refractivity contribution is 5.65. The lowest BCUT2D eigenvalue weighted by Crippen LogP contribution is -1.95. The minimum atomic E-state index is -0.449. The van der Waals surface area contributed by atoms with Crippen molar-refractivity contribution < 1.29 is 9.34 Å². The number of nitro benzene ring substituents is 1. The van der Waals surface area contributed by atoms with Crippen LogP contribution in [-0.4, -0.2) is 9.91 Å². The summed E-state index contributed by atoms with van der Waals surface area (Å²) in [6.45, 7) is 1.94. The summed E-state index contributed by atoms with van der Waals surface area (Å²) in [6, 6.07) is 12.0. The fourth-order valence-electron chi connectivity index (χ4n) is 2.13. The largest absolute Gasteiger partial charge is 0.423 e. The van der Waals surface area contributed by atoms with Crippen LogP contribution in [0, 0.1) is 17.0 Å². The van der Waals surface area contributed by atoms with Crippen LogP contribution in [0.1, 0.15) is 5.56 Å². The average Bonchev–Trinajstić information content (AvgIpc) is 3.00. The van der Waals surface area contributed by atoms with E-state index in [1.165, 1.54) is 18.3 Å². The zero-order valence-electron chi connectivity index (χ0n) is 12.3. The smallest absolute Gasteiger partial charge is 0.299 e. The quantitative estimate of drug-likeness (QED) is 0.430. The summed E-state index contributed by atoms with van der Waals surface area (Å²) in [7, 11) is 0. The first kappa shape index (κ1) is 14.6. The summed E-state index contributed by atoms with van der Waals surface area (Å²) in [6.07, 6.45) is 1.52. The molecular weight excluding hydrogens is 296 g/mol. The van der Waals surface area contributed by atoms with Crippen LogP contribution in [-0.2, 0) is 0 Å². The zero-order valence-corrected chi connectivity index (χ0v) is 12.3. The van der Waals surface area contributed by atoms with E-state index in [2.05, 4.69) is 10.3 Å². The Morgan fingerprint density at radius 3 is 2.87 bits per heavy atom. The Morgan fingerprint density at radius 2 is 2.09 bits per heavy atom. The molecule has 0 bridgehead atoms. The summed E-state index contributed by atoms with van der Waals surface area (Å²) >= 11 is 0. The van der Waals surface area contributed by atoms with E-state index >= 15 is 0 Å². The second-order valence-corrected chi connectivity index (χ2v) is 5.04. The standard InChI is InChI=1S/C16H14N4O3/c1-10-5-6-12(17)8-14(10)19-16-18-9-15(23-16)11-3-2-4-13(7-11)20(21)22/h2-9H,17H2,1H3,(H,18,19). The molecule has 0 aliphatic rings. The number of nitro groups is 1. The lowest BCUT2D eigenvalue weighted by Gasteiger charge is -2.06. The van der Waals surface area contributed by atoms with Gasteiger partial charge in [0.2, 0.25) is 0 Å². The Morgan fingerprint density at radius 1 is 1.26 bits per heavy atom. The number of nitrogens with zero attached hydrogens (tertiary/aromatic N) is 2. The van der Waals surface area contributed by atoms with Crippen molar-refractivity contribution >= 4 is 23.1 Å². The third-order valence-corrected chi connectivity index (χ3v) is 3.35. The maximum absolute atomic E-state index is 10.8. The van der Waals surface area contributed by atoms with Gasteiger partial charge in [0.15, 0.2) is 5.76 Å². The number of aryl methyl sites for hydroxylation is 1. The van der Waals surface area contributed by atoms with Gasteiger partial charge in [-0.1, -0.05) is 18.2 Å². The van der Waals surface area contributed by atoms with Crippen molar-refractivity contribution in [1.29, 1.82) is 0 Å². The van der Waals surface area contributed by atoms with E-state index in [4.69, 9.17) is 10.2 Å². The van der Waals surface area contributed by atoms with Gasteiger partial charge in [0, 0.05) is 29.1 Å². The molecule has 1 heterocycles. The molecule has 0 saturated carbocycles. The Balaban J connectivity index is 1.87. The number of hydrogen-bond acceptors (Lipinski definition) is 6. The van der Waals surface area contributed by atoms with Crippen molar-refractivity contribution in [1.82, 2.24) is 4.98 Å². The van der Waals surface area contributed by atoms with Crippen LogP contribution in [0.15, 0.2) is 53.1 Å². The molecule has 0 unspecified atom stereocenters. The fourth-order valence-corrected chi connectivity index (χ4v) is 2.13. The zero-order chi connectivity index (χ0) is 16.4. The number of anilines is 3. The van der Waals surface area contributed by atoms with Gasteiger partial charge in [0.05, 0.1) is 11.1 Å². The van der Waals surface area contributed by atoms with E-state index in [0.29, 0.717) is 23.0 Å². The highest BCUT2D eigenvalue weighted by Crippen LogP contribution is 2.28. The number of rotatable bonds is 4. The predicted octanol–water partition coefficient (Wildman–Crippen LogP) is 3.88. The summed E-state index contributed by atoms with van der Waals surface area (Å²) in [4.78, 5) is 14.5. The SMILES string of the molecule is Cc1ccc(N)cc1Nc1ncc(-c2cccc([N+](=O)[O-])c2)o1. The van der Waals surface area contributed by atoms with Crippen LogP contribution in [0.2, 0.25) is 0 Å². The molecule has 0 atom stereocenters. The van der Waals surface area contributed by atoms with Crippen LogP contribution in [0.4, 0.5) is 23.1 Å². The maximum Gasteiger partial charge on any atom is 0.299 e. The molecule has 0 saturated heterocycles. The number of nitrogens with one attached hydrogen (secondary N) is 1. The molecule has 0 fully saturated rings. The van der Waals surface area contributed by atoms with Crippen molar-refractivity contribution in [3.63, 3.8) is 0 Å². The van der Waals surface area contributed by atoms with Crippen molar-refractivity contribution in [2.45, 2.75) is 6.92 Å². The summed E-state index contributed by atoms with van der Waals surface area (Å²) in [5, 5.41) is 13.9. The van der Waals surface area contributed by atoms with Gasteiger partial charge in [0.25, 0.3) is 11.7 Å². The van der Waals surface area contributed by atoms with Crippen LogP contribution >= 0.6 is 0 Å². The van der Waals surface area contributed by atoms with Gasteiger partial charge in [-0.25, -0.2) is 4.98 Å². The topological polar surface area (TPSA) is 107 Å². The number of nitrogens with two attached hydrogens (primary N) is 1. The molecule has 0 aliphatic heterocycles. The van der Waals surface area contributed by atoms with Crippen molar-refractivity contribution in [2.75, 3.05) is 11.1 Å². The van der Waals surface area contributed by atoms with E-state index in [0.717, 1.165) is 11.3 Å². The fraction of sp³-hybridized carbons (Fsp3) is 0.0625. The molecule has 0 radical (unpaired) electrons.